The van der Waals surface area contributed by atoms with Crippen LogP contribution in [0.25, 0.3) is 16.4 Å². The van der Waals surface area contributed by atoms with Crippen LogP contribution in [0.4, 0.5) is 4.39 Å². The molecule has 0 bridgehead atoms. The summed E-state index contributed by atoms with van der Waals surface area (Å²) in [5.41, 5.74) is 9.58. The second kappa shape index (κ2) is 11.1. The molecule has 1 heterocycles. The van der Waals surface area contributed by atoms with Gasteiger partial charge in [0.25, 0.3) is 0 Å². The van der Waals surface area contributed by atoms with Gasteiger partial charge in [0.15, 0.2) is 0 Å². The first-order valence-corrected chi connectivity index (χ1v) is 9.75. The number of Topliss-reactive ketones (excluding diaryl/α,β-unsaturated/α-hetero) is 1. The van der Waals surface area contributed by atoms with E-state index in [1.165, 1.54) is 13.2 Å². The fraction of sp³-hybridized carbons (Fsp3) is 0.429. The molecule has 0 unspecified atom stereocenters. The zero-order valence-corrected chi connectivity index (χ0v) is 17.6. The summed E-state index contributed by atoms with van der Waals surface area (Å²) >= 11 is 0. The fourth-order valence-electron chi connectivity index (χ4n) is 3.10. The molecule has 1 aromatic heterocycles. The number of H-pyrrole nitrogens is 1. The Morgan fingerprint density at radius 3 is 2.71 bits per heavy atom. The van der Waals surface area contributed by atoms with Crippen LogP contribution in [0.15, 0.2) is 24.4 Å². The molecule has 0 aliphatic heterocycles. The van der Waals surface area contributed by atoms with Crippen molar-refractivity contribution in [1.82, 2.24) is 10.3 Å². The Hall–Kier alpha value is -3.36. The van der Waals surface area contributed by atoms with Gasteiger partial charge in [0.2, 0.25) is 11.7 Å². The lowest BCUT2D eigenvalue weighted by Gasteiger charge is -2.21. The van der Waals surface area contributed by atoms with Crippen molar-refractivity contribution >= 4 is 34.8 Å². The number of esters is 1. The van der Waals surface area contributed by atoms with Gasteiger partial charge < -0.3 is 25.3 Å². The van der Waals surface area contributed by atoms with Gasteiger partial charge in [0.1, 0.15) is 18.0 Å². The number of aromatic nitrogens is 1. The van der Waals surface area contributed by atoms with E-state index >= 15 is 0 Å². The van der Waals surface area contributed by atoms with Crippen molar-refractivity contribution in [3.05, 3.63) is 41.3 Å². The molecule has 2 rings (SSSR count). The van der Waals surface area contributed by atoms with Gasteiger partial charge in [-0.05, 0) is 38.0 Å². The minimum atomic E-state index is -1.11. The average molecular weight is 432 g/mol. The number of ketones is 1. The summed E-state index contributed by atoms with van der Waals surface area (Å²) in [6.07, 6.45) is 0.747. The van der Waals surface area contributed by atoms with Gasteiger partial charge >= 0.3 is 12.2 Å². The zero-order chi connectivity index (χ0) is 23.0. The second-order valence-corrected chi connectivity index (χ2v) is 7.20. The molecule has 166 valence electrons. The molecule has 10 heteroatoms. The third-order valence-corrected chi connectivity index (χ3v) is 4.55. The van der Waals surface area contributed by atoms with E-state index in [1.54, 1.807) is 32.2 Å². The number of aromatic amines is 1. The lowest BCUT2D eigenvalue weighted by Crippen LogP contribution is -2.48. The quantitative estimate of drug-likeness (QED) is 0.242. The van der Waals surface area contributed by atoms with Crippen molar-refractivity contribution in [2.45, 2.75) is 51.4 Å². The summed E-state index contributed by atoms with van der Waals surface area (Å²) in [6.45, 7) is 3.31. The maximum absolute atomic E-state index is 14.2. The van der Waals surface area contributed by atoms with E-state index in [9.17, 15) is 18.8 Å². The number of methoxy groups -OCH3 is 1. The molecule has 2 atom stereocenters. The molecule has 0 spiro atoms. The van der Waals surface area contributed by atoms with Crippen LogP contribution < -0.4 is 5.32 Å². The third-order valence-electron chi connectivity index (χ3n) is 4.55. The number of rotatable bonds is 11. The molecule has 2 aromatic rings. The second-order valence-electron chi connectivity index (χ2n) is 7.20. The number of nitrogens with zero attached hydrogens (tertiary/aromatic N) is 2. The molecule has 0 aliphatic rings. The molecule has 1 aromatic carbocycles. The Morgan fingerprint density at radius 1 is 1.32 bits per heavy atom. The summed E-state index contributed by atoms with van der Waals surface area (Å²) in [7, 11) is 1.33. The number of amides is 1. The van der Waals surface area contributed by atoms with E-state index in [-0.39, 0.29) is 19.3 Å². The summed E-state index contributed by atoms with van der Waals surface area (Å²) in [6, 6.07) is 3.51. The third kappa shape index (κ3) is 6.56. The maximum Gasteiger partial charge on any atom is 0.328 e. The minimum absolute atomic E-state index is 0.0553. The van der Waals surface area contributed by atoms with E-state index in [1.807, 2.05) is 0 Å². The van der Waals surface area contributed by atoms with Gasteiger partial charge in [0.05, 0.1) is 6.10 Å². The van der Waals surface area contributed by atoms with Crippen molar-refractivity contribution in [3.8, 4) is 0 Å². The van der Waals surface area contributed by atoms with Gasteiger partial charge in [-0.1, -0.05) is 6.07 Å². The SMILES string of the molecule is CO[C@@H](Cc1c[nH]c2cccc(F)c12)C(=O)N[C@@H](CCC(=O)C=[N+]=[N-])C(=O)OC(C)C. The highest BCUT2D eigenvalue weighted by molar-refractivity contribution is 6.25. The zero-order valence-electron chi connectivity index (χ0n) is 17.6. The number of fused-ring (bicyclic) bond motifs is 1. The highest BCUT2D eigenvalue weighted by Gasteiger charge is 2.28. The molecular weight excluding hydrogens is 407 g/mol. The number of hydrogen-bond donors (Lipinski definition) is 2. The maximum atomic E-state index is 14.2. The van der Waals surface area contributed by atoms with E-state index in [2.05, 4.69) is 15.1 Å². The van der Waals surface area contributed by atoms with Gasteiger partial charge in [0, 0.05) is 37.1 Å². The molecule has 2 N–H and O–H groups in total. The first-order chi connectivity index (χ1) is 14.8. The Kier molecular flexibility index (Phi) is 8.60. The van der Waals surface area contributed by atoms with Crippen molar-refractivity contribution in [2.75, 3.05) is 7.11 Å². The molecule has 0 radical (unpaired) electrons. The minimum Gasteiger partial charge on any atom is -0.461 e. The van der Waals surface area contributed by atoms with Crippen LogP contribution in [0.3, 0.4) is 0 Å². The fourth-order valence-corrected chi connectivity index (χ4v) is 3.10. The predicted octanol–water partition coefficient (Wildman–Crippen LogP) is 1.95. The first-order valence-electron chi connectivity index (χ1n) is 9.75. The predicted molar refractivity (Wildman–Crippen MR) is 110 cm³/mol. The summed E-state index contributed by atoms with van der Waals surface area (Å²) in [5, 5.41) is 2.91. The van der Waals surface area contributed by atoms with Gasteiger partial charge in [-0.3, -0.25) is 9.59 Å². The van der Waals surface area contributed by atoms with Crippen LogP contribution in [0.2, 0.25) is 0 Å². The molecule has 9 nitrogen and oxygen atoms in total. The Balaban J connectivity index is 2.15. The summed E-state index contributed by atoms with van der Waals surface area (Å²) < 4.78 is 24.7. The largest absolute Gasteiger partial charge is 0.461 e. The van der Waals surface area contributed by atoms with Crippen LogP contribution in [-0.2, 0) is 30.3 Å². The van der Waals surface area contributed by atoms with Crippen molar-refractivity contribution < 1.29 is 33.0 Å². The molecule has 0 aliphatic carbocycles. The average Bonchev–Trinajstić information content (AvgIpc) is 3.12. The Bertz CT molecular complexity index is 997. The first kappa shape index (κ1) is 23.9. The van der Waals surface area contributed by atoms with Crippen molar-refractivity contribution in [1.29, 1.82) is 0 Å². The number of nitrogens with one attached hydrogen (secondary N) is 2. The molecule has 1 amide bonds. The van der Waals surface area contributed by atoms with Crippen LogP contribution in [0.1, 0.15) is 32.3 Å². The number of carbonyl (C=O) groups excluding carboxylic acids is 3. The summed E-state index contributed by atoms with van der Waals surface area (Å²) in [5.74, 6) is -2.25. The smallest absolute Gasteiger partial charge is 0.328 e. The van der Waals surface area contributed by atoms with E-state index in [0.29, 0.717) is 16.5 Å². The Labute approximate surface area is 178 Å². The van der Waals surface area contributed by atoms with Crippen LogP contribution in [-0.4, -0.2) is 59.0 Å². The van der Waals surface area contributed by atoms with Crippen molar-refractivity contribution in [3.63, 3.8) is 0 Å². The topological polar surface area (TPSA) is 134 Å². The monoisotopic (exact) mass is 432 g/mol. The van der Waals surface area contributed by atoms with E-state index in [0.717, 1.165) is 6.21 Å². The molecule has 31 heavy (non-hydrogen) atoms. The molecular formula is C21H25FN4O5. The van der Waals surface area contributed by atoms with Crippen molar-refractivity contribution in [2.24, 2.45) is 0 Å². The van der Waals surface area contributed by atoms with Gasteiger partial charge in [-0.2, -0.15) is 4.79 Å². The molecule has 0 saturated carbocycles. The van der Waals surface area contributed by atoms with Gasteiger partial charge in [-0.15, -0.1) is 0 Å². The number of halogens is 1. The van der Waals surface area contributed by atoms with Crippen LogP contribution in [0, 0.1) is 5.82 Å². The standard InChI is InChI=1S/C21H25FN4O5/c1-12(2)31-21(29)17(8-7-14(27)11-25-23)26-20(28)18(30-3)9-13-10-24-16-6-4-5-15(22)19(13)16/h4-6,10-12,17-18,24H,7-9H2,1-3H3,(H,26,28)/t17-,18-/m0/s1. The van der Waals surface area contributed by atoms with Crippen LogP contribution in [0.5, 0.6) is 0 Å². The normalized spacial score (nSPS) is 12.8. The highest BCUT2D eigenvalue weighted by Crippen LogP contribution is 2.23. The number of hydrogen-bond acceptors (Lipinski definition) is 5. The van der Waals surface area contributed by atoms with E-state index in [4.69, 9.17) is 15.0 Å². The lowest BCUT2D eigenvalue weighted by atomic mass is 10.0. The molecule has 0 saturated heterocycles. The number of ether oxygens (including phenoxy) is 2. The summed E-state index contributed by atoms with van der Waals surface area (Å²) in [4.78, 5) is 42.4. The Morgan fingerprint density at radius 2 is 2.06 bits per heavy atom. The highest BCUT2D eigenvalue weighted by atomic mass is 19.1. The van der Waals surface area contributed by atoms with Crippen LogP contribution >= 0.6 is 0 Å². The number of benzene rings is 1. The van der Waals surface area contributed by atoms with E-state index < -0.39 is 41.7 Å². The lowest BCUT2D eigenvalue weighted by molar-refractivity contribution is -0.152. The molecule has 0 fully saturated rings. The van der Waals surface area contributed by atoms with Gasteiger partial charge in [-0.25, -0.2) is 9.18 Å². The number of carbonyl (C=O) groups is 3.